The lowest BCUT2D eigenvalue weighted by Gasteiger charge is -2.20. The van der Waals surface area contributed by atoms with Crippen molar-refractivity contribution in [1.29, 1.82) is 0 Å². The number of hydrogen-bond acceptors (Lipinski definition) is 3. The van der Waals surface area contributed by atoms with Gasteiger partial charge in [0.15, 0.2) is 0 Å². The van der Waals surface area contributed by atoms with Gasteiger partial charge in [0, 0.05) is 18.8 Å². The summed E-state index contributed by atoms with van der Waals surface area (Å²) < 4.78 is 0. The quantitative estimate of drug-likeness (QED) is 0.599. The summed E-state index contributed by atoms with van der Waals surface area (Å²) >= 11 is 0. The minimum absolute atomic E-state index is 0.666. The number of nitrogens with two attached hydrogens (primary N) is 1. The fraction of sp³-hybridized carbons (Fsp3) is 0.333. The van der Waals surface area contributed by atoms with Crippen molar-refractivity contribution in [3.63, 3.8) is 0 Å². The third kappa shape index (κ3) is 4.14. The molecule has 3 N–H and O–H groups in total. The van der Waals surface area contributed by atoms with Gasteiger partial charge in [-0.25, -0.2) is 10.2 Å². The highest BCUT2D eigenvalue weighted by atomic mass is 16.2. The molecule has 0 saturated heterocycles. The first-order chi connectivity index (χ1) is 8.17. The summed E-state index contributed by atoms with van der Waals surface area (Å²) in [6, 6.07) is 7.28. The van der Waals surface area contributed by atoms with Gasteiger partial charge < -0.3 is 10.6 Å². The van der Waals surface area contributed by atoms with E-state index < -0.39 is 6.03 Å². The highest BCUT2D eigenvalue weighted by Crippen LogP contribution is 2.13. The van der Waals surface area contributed by atoms with Crippen LogP contribution in [0.1, 0.15) is 19.4 Å². The van der Waals surface area contributed by atoms with E-state index in [1.165, 1.54) is 5.69 Å². The number of nitrogens with one attached hydrogen (secondary N) is 1. The van der Waals surface area contributed by atoms with Crippen LogP contribution in [0.5, 0.6) is 0 Å². The monoisotopic (exact) mass is 234 g/mol. The molecule has 2 amide bonds. The normalized spacial score (nSPS) is 10.5. The Morgan fingerprint density at radius 2 is 1.94 bits per heavy atom. The Bertz CT molecular complexity index is 382. The van der Waals surface area contributed by atoms with Gasteiger partial charge in [0.25, 0.3) is 0 Å². The van der Waals surface area contributed by atoms with Crippen molar-refractivity contribution in [3.05, 3.63) is 29.8 Å². The number of hydrazone groups is 1. The third-order valence-electron chi connectivity index (χ3n) is 2.41. The van der Waals surface area contributed by atoms with E-state index >= 15 is 0 Å². The molecule has 0 radical (unpaired) electrons. The molecule has 1 aromatic rings. The Morgan fingerprint density at radius 3 is 2.41 bits per heavy atom. The van der Waals surface area contributed by atoms with E-state index in [4.69, 9.17) is 5.73 Å². The number of nitrogens with zero attached hydrogens (tertiary/aromatic N) is 2. The maximum Gasteiger partial charge on any atom is 0.332 e. The number of urea groups is 1. The van der Waals surface area contributed by atoms with Crippen molar-refractivity contribution in [2.24, 2.45) is 10.8 Å². The minimum atomic E-state index is -0.666. The van der Waals surface area contributed by atoms with Gasteiger partial charge in [-0.1, -0.05) is 12.1 Å². The standard InChI is InChI=1S/C12H18N4O/c1-3-16(4-2)11-7-5-10(6-8-11)9-14-15-12(13)17/h5-9H,3-4H2,1-2H3,(H3,13,15,17)/b14-9-. The molecule has 0 atom stereocenters. The SMILES string of the molecule is CCN(CC)c1ccc(/C=N\NC(N)=O)cc1. The van der Waals surface area contributed by atoms with E-state index in [1.807, 2.05) is 24.3 Å². The van der Waals surface area contributed by atoms with Crippen LogP contribution in [0.4, 0.5) is 10.5 Å². The van der Waals surface area contributed by atoms with Crippen LogP contribution in [0, 0.1) is 0 Å². The molecule has 1 aromatic carbocycles. The Morgan fingerprint density at radius 1 is 1.35 bits per heavy atom. The highest BCUT2D eigenvalue weighted by molar-refractivity contribution is 5.82. The van der Waals surface area contributed by atoms with Crippen LogP contribution >= 0.6 is 0 Å². The number of benzene rings is 1. The summed E-state index contributed by atoms with van der Waals surface area (Å²) in [5, 5.41) is 3.69. The molecule has 92 valence electrons. The van der Waals surface area contributed by atoms with Crippen LogP contribution in [-0.2, 0) is 0 Å². The topological polar surface area (TPSA) is 70.7 Å². The van der Waals surface area contributed by atoms with Crippen LogP contribution in [-0.4, -0.2) is 25.3 Å². The summed E-state index contributed by atoms with van der Waals surface area (Å²) in [5.41, 5.74) is 9.13. The van der Waals surface area contributed by atoms with Crippen molar-refractivity contribution in [3.8, 4) is 0 Å². The number of anilines is 1. The lowest BCUT2D eigenvalue weighted by molar-refractivity contribution is 0.249. The predicted octanol–water partition coefficient (Wildman–Crippen LogP) is 1.53. The molecule has 0 bridgehead atoms. The number of amides is 2. The molecule has 0 heterocycles. The van der Waals surface area contributed by atoms with Crippen LogP contribution in [0.25, 0.3) is 0 Å². The molecule has 0 unspecified atom stereocenters. The van der Waals surface area contributed by atoms with Crippen LogP contribution < -0.4 is 16.1 Å². The summed E-state index contributed by atoms with van der Waals surface area (Å²) in [6.07, 6.45) is 1.55. The van der Waals surface area contributed by atoms with E-state index in [-0.39, 0.29) is 0 Å². The molecule has 0 aromatic heterocycles. The van der Waals surface area contributed by atoms with Crippen LogP contribution in [0.2, 0.25) is 0 Å². The Balaban J connectivity index is 2.67. The smallest absolute Gasteiger partial charge is 0.332 e. The molecule has 0 spiro atoms. The fourth-order valence-electron chi connectivity index (χ4n) is 1.53. The predicted molar refractivity (Wildman–Crippen MR) is 70.3 cm³/mol. The van der Waals surface area contributed by atoms with Crippen molar-refractivity contribution in [1.82, 2.24) is 5.43 Å². The van der Waals surface area contributed by atoms with Crippen LogP contribution in [0.3, 0.4) is 0 Å². The zero-order valence-electron chi connectivity index (χ0n) is 10.2. The van der Waals surface area contributed by atoms with E-state index in [1.54, 1.807) is 6.21 Å². The number of carbonyl (C=O) groups is 1. The lowest BCUT2D eigenvalue weighted by Crippen LogP contribution is -2.24. The summed E-state index contributed by atoms with van der Waals surface area (Å²) in [4.78, 5) is 12.7. The molecule has 0 aliphatic carbocycles. The van der Waals surface area contributed by atoms with Crippen molar-refractivity contribution >= 4 is 17.9 Å². The van der Waals surface area contributed by atoms with Gasteiger partial charge in [-0.2, -0.15) is 5.10 Å². The maximum absolute atomic E-state index is 10.4. The fourth-order valence-corrected chi connectivity index (χ4v) is 1.53. The van der Waals surface area contributed by atoms with E-state index in [0.29, 0.717) is 0 Å². The van der Waals surface area contributed by atoms with Crippen molar-refractivity contribution in [2.45, 2.75) is 13.8 Å². The first kappa shape index (κ1) is 13.0. The second-order valence-corrected chi connectivity index (χ2v) is 3.50. The largest absolute Gasteiger partial charge is 0.372 e. The Hall–Kier alpha value is -2.04. The number of rotatable bonds is 5. The van der Waals surface area contributed by atoms with Crippen LogP contribution in [0.15, 0.2) is 29.4 Å². The maximum atomic E-state index is 10.4. The molecular formula is C12H18N4O. The first-order valence-corrected chi connectivity index (χ1v) is 5.60. The van der Waals surface area contributed by atoms with E-state index in [0.717, 1.165) is 18.7 Å². The van der Waals surface area contributed by atoms with E-state index in [9.17, 15) is 4.79 Å². The van der Waals surface area contributed by atoms with E-state index in [2.05, 4.69) is 29.3 Å². The summed E-state index contributed by atoms with van der Waals surface area (Å²) in [6.45, 7) is 6.20. The zero-order valence-corrected chi connectivity index (χ0v) is 10.2. The zero-order chi connectivity index (χ0) is 12.7. The highest BCUT2D eigenvalue weighted by Gasteiger charge is 2.00. The number of hydrogen-bond donors (Lipinski definition) is 2. The molecule has 0 fully saturated rings. The van der Waals surface area contributed by atoms with Gasteiger partial charge in [-0.15, -0.1) is 0 Å². The van der Waals surface area contributed by atoms with Gasteiger partial charge >= 0.3 is 6.03 Å². The molecule has 17 heavy (non-hydrogen) atoms. The Labute approximate surface area is 101 Å². The molecule has 5 heteroatoms. The molecule has 0 aliphatic heterocycles. The third-order valence-corrected chi connectivity index (χ3v) is 2.41. The van der Waals surface area contributed by atoms with Gasteiger partial charge in [-0.05, 0) is 31.5 Å². The van der Waals surface area contributed by atoms with Gasteiger partial charge in [0.1, 0.15) is 0 Å². The minimum Gasteiger partial charge on any atom is -0.372 e. The van der Waals surface area contributed by atoms with Crippen molar-refractivity contribution in [2.75, 3.05) is 18.0 Å². The molecule has 1 rings (SSSR count). The average molecular weight is 234 g/mol. The second kappa shape index (κ2) is 6.52. The van der Waals surface area contributed by atoms with Gasteiger partial charge in [0.05, 0.1) is 6.21 Å². The number of primary amides is 1. The van der Waals surface area contributed by atoms with Crippen molar-refractivity contribution < 1.29 is 4.79 Å². The molecule has 0 aliphatic rings. The van der Waals surface area contributed by atoms with Gasteiger partial charge in [-0.3, -0.25) is 0 Å². The molecule has 5 nitrogen and oxygen atoms in total. The molecule has 0 saturated carbocycles. The molecular weight excluding hydrogens is 216 g/mol. The summed E-state index contributed by atoms with van der Waals surface area (Å²) in [5.74, 6) is 0. The lowest BCUT2D eigenvalue weighted by atomic mass is 10.2. The summed E-state index contributed by atoms with van der Waals surface area (Å²) in [7, 11) is 0. The second-order valence-electron chi connectivity index (χ2n) is 3.50. The average Bonchev–Trinajstić information content (AvgIpc) is 2.32. The van der Waals surface area contributed by atoms with Gasteiger partial charge in [0.2, 0.25) is 0 Å². The Kier molecular flexibility index (Phi) is 5.00. The number of carbonyl (C=O) groups excluding carboxylic acids is 1. The first-order valence-electron chi connectivity index (χ1n) is 5.60.